The Hall–Kier alpha value is -2.47. The first-order valence-electron chi connectivity index (χ1n) is 6.81. The van der Waals surface area contributed by atoms with Crippen LogP contribution in [0.2, 0.25) is 5.02 Å². The molecule has 0 aliphatic heterocycles. The summed E-state index contributed by atoms with van der Waals surface area (Å²) in [6.45, 7) is 4.85. The number of carboxylic acid groups (broad SMARTS) is 1. The molecular weight excluding hydrogens is 322 g/mol. The molecule has 1 amide bonds. The molecule has 0 aliphatic rings. The van der Waals surface area contributed by atoms with Gasteiger partial charge in [-0.2, -0.15) is 0 Å². The molecule has 122 valence electrons. The number of carboxylic acids is 1. The number of amides is 1. The van der Waals surface area contributed by atoms with Crippen LogP contribution in [0.1, 0.15) is 27.4 Å². The van der Waals surface area contributed by atoms with Gasteiger partial charge in [-0.05, 0) is 39.0 Å². The highest BCUT2D eigenvalue weighted by Gasteiger charge is 2.19. The van der Waals surface area contributed by atoms with E-state index in [0.29, 0.717) is 22.8 Å². The standard InChI is InChI=1S/C16H16ClNO5/c1-8-9(2)23-10(3)15(8)16(21)18-11-4-5-13(12(17)6-11)22-7-14(19)20/h4-6H,7H2,1-3H3,(H,18,21)(H,19,20). The Bertz CT molecular complexity index is 766. The monoisotopic (exact) mass is 337 g/mol. The predicted molar refractivity (Wildman–Crippen MR) is 85.5 cm³/mol. The van der Waals surface area contributed by atoms with Crippen LogP contribution in [0, 0.1) is 20.8 Å². The van der Waals surface area contributed by atoms with Gasteiger partial charge in [0.1, 0.15) is 17.3 Å². The molecule has 0 saturated heterocycles. The van der Waals surface area contributed by atoms with Crippen molar-refractivity contribution in [3.8, 4) is 5.75 Å². The highest BCUT2D eigenvalue weighted by Crippen LogP contribution is 2.28. The average Bonchev–Trinajstić information content (AvgIpc) is 2.71. The molecule has 0 atom stereocenters. The number of aryl methyl sites for hydroxylation is 2. The summed E-state index contributed by atoms with van der Waals surface area (Å²) < 4.78 is 10.5. The zero-order valence-electron chi connectivity index (χ0n) is 12.9. The van der Waals surface area contributed by atoms with Crippen molar-refractivity contribution in [3.63, 3.8) is 0 Å². The first kappa shape index (κ1) is 16.9. The van der Waals surface area contributed by atoms with Gasteiger partial charge in [-0.1, -0.05) is 11.6 Å². The number of benzene rings is 1. The predicted octanol–water partition coefficient (Wildman–Crippen LogP) is 3.57. The highest BCUT2D eigenvalue weighted by molar-refractivity contribution is 6.32. The molecule has 6 nitrogen and oxygen atoms in total. The summed E-state index contributed by atoms with van der Waals surface area (Å²) in [6, 6.07) is 4.58. The maximum Gasteiger partial charge on any atom is 0.341 e. The van der Waals surface area contributed by atoms with Gasteiger partial charge in [0.15, 0.2) is 6.61 Å². The zero-order chi connectivity index (χ0) is 17.1. The quantitative estimate of drug-likeness (QED) is 0.870. The molecule has 0 bridgehead atoms. The molecule has 0 radical (unpaired) electrons. The van der Waals surface area contributed by atoms with Crippen LogP contribution >= 0.6 is 11.6 Å². The van der Waals surface area contributed by atoms with Gasteiger partial charge in [-0.15, -0.1) is 0 Å². The van der Waals surface area contributed by atoms with E-state index in [9.17, 15) is 9.59 Å². The second-order valence-electron chi connectivity index (χ2n) is 5.00. The molecule has 0 spiro atoms. The van der Waals surface area contributed by atoms with E-state index in [0.717, 1.165) is 5.56 Å². The van der Waals surface area contributed by atoms with Crippen molar-refractivity contribution < 1.29 is 23.8 Å². The number of ether oxygens (including phenoxy) is 1. The van der Waals surface area contributed by atoms with Crippen LogP contribution in [0.4, 0.5) is 5.69 Å². The molecule has 1 aromatic heterocycles. The Kier molecular flexibility index (Phi) is 4.95. The fourth-order valence-electron chi connectivity index (χ4n) is 2.16. The number of nitrogens with one attached hydrogen (secondary N) is 1. The molecule has 2 aromatic rings. The van der Waals surface area contributed by atoms with Gasteiger partial charge in [0.05, 0.1) is 10.6 Å². The number of rotatable bonds is 5. The molecule has 23 heavy (non-hydrogen) atoms. The third-order valence-corrected chi connectivity index (χ3v) is 3.62. The lowest BCUT2D eigenvalue weighted by Gasteiger charge is -2.09. The highest BCUT2D eigenvalue weighted by atomic mass is 35.5. The summed E-state index contributed by atoms with van der Waals surface area (Å²) in [5.41, 5.74) is 1.75. The minimum absolute atomic E-state index is 0.209. The average molecular weight is 338 g/mol. The Morgan fingerprint density at radius 2 is 1.96 bits per heavy atom. The van der Waals surface area contributed by atoms with Crippen molar-refractivity contribution in [2.75, 3.05) is 11.9 Å². The number of hydrogen-bond acceptors (Lipinski definition) is 4. The smallest absolute Gasteiger partial charge is 0.341 e. The summed E-state index contributed by atoms with van der Waals surface area (Å²) in [5, 5.41) is 11.5. The number of aliphatic carboxylic acids is 1. The minimum atomic E-state index is -1.10. The van der Waals surface area contributed by atoms with Gasteiger partial charge in [0.25, 0.3) is 5.91 Å². The van der Waals surface area contributed by atoms with Crippen LogP contribution in [0.5, 0.6) is 5.75 Å². The normalized spacial score (nSPS) is 10.4. The van der Waals surface area contributed by atoms with Crippen LogP contribution in [0.15, 0.2) is 22.6 Å². The summed E-state index contributed by atoms with van der Waals surface area (Å²) in [5.74, 6) is 0.0820. The van der Waals surface area contributed by atoms with E-state index < -0.39 is 12.6 Å². The van der Waals surface area contributed by atoms with E-state index in [1.165, 1.54) is 12.1 Å². The molecular formula is C16H16ClNO5. The van der Waals surface area contributed by atoms with Crippen molar-refractivity contribution in [1.82, 2.24) is 0 Å². The van der Waals surface area contributed by atoms with Gasteiger partial charge >= 0.3 is 5.97 Å². The lowest BCUT2D eigenvalue weighted by molar-refractivity contribution is -0.139. The Morgan fingerprint density at radius 3 is 2.48 bits per heavy atom. The van der Waals surface area contributed by atoms with Gasteiger partial charge in [-0.3, -0.25) is 4.79 Å². The zero-order valence-corrected chi connectivity index (χ0v) is 13.7. The summed E-state index contributed by atoms with van der Waals surface area (Å²) in [6.07, 6.45) is 0. The van der Waals surface area contributed by atoms with Gasteiger partial charge in [-0.25, -0.2) is 4.79 Å². The second kappa shape index (κ2) is 6.75. The maximum absolute atomic E-state index is 12.4. The van der Waals surface area contributed by atoms with E-state index in [4.69, 9.17) is 25.9 Å². The largest absolute Gasteiger partial charge is 0.480 e. The minimum Gasteiger partial charge on any atom is -0.480 e. The van der Waals surface area contributed by atoms with Crippen molar-refractivity contribution in [2.24, 2.45) is 0 Å². The molecule has 1 heterocycles. The van der Waals surface area contributed by atoms with Crippen molar-refractivity contribution >= 4 is 29.2 Å². The lowest BCUT2D eigenvalue weighted by Crippen LogP contribution is -2.14. The summed E-state index contributed by atoms with van der Waals surface area (Å²) in [7, 11) is 0. The fraction of sp³-hybridized carbons (Fsp3) is 0.250. The Balaban J connectivity index is 2.15. The van der Waals surface area contributed by atoms with Crippen LogP contribution in [-0.4, -0.2) is 23.6 Å². The topological polar surface area (TPSA) is 88.8 Å². The van der Waals surface area contributed by atoms with E-state index in [2.05, 4.69) is 5.32 Å². The number of halogens is 1. The number of carbonyl (C=O) groups is 2. The molecule has 2 rings (SSSR count). The molecule has 0 unspecified atom stereocenters. The molecule has 2 N–H and O–H groups in total. The number of furan rings is 1. The summed E-state index contributed by atoms with van der Waals surface area (Å²) in [4.78, 5) is 22.8. The molecule has 0 saturated carbocycles. The van der Waals surface area contributed by atoms with Crippen molar-refractivity contribution in [1.29, 1.82) is 0 Å². The van der Waals surface area contributed by atoms with Gasteiger partial charge < -0.3 is 19.6 Å². The Morgan fingerprint density at radius 1 is 1.26 bits per heavy atom. The van der Waals surface area contributed by atoms with Gasteiger partial charge in [0.2, 0.25) is 0 Å². The molecule has 7 heteroatoms. The van der Waals surface area contributed by atoms with E-state index in [1.54, 1.807) is 19.9 Å². The van der Waals surface area contributed by atoms with Crippen LogP contribution in [0.25, 0.3) is 0 Å². The first-order chi connectivity index (χ1) is 10.8. The third-order valence-electron chi connectivity index (χ3n) is 3.33. The van der Waals surface area contributed by atoms with E-state index in [1.807, 2.05) is 6.92 Å². The molecule has 0 aliphatic carbocycles. The molecule has 1 aromatic carbocycles. The van der Waals surface area contributed by atoms with Crippen molar-refractivity contribution in [3.05, 3.63) is 45.9 Å². The Labute approximate surface area is 138 Å². The van der Waals surface area contributed by atoms with E-state index in [-0.39, 0.29) is 16.7 Å². The van der Waals surface area contributed by atoms with Gasteiger partial charge in [0, 0.05) is 11.3 Å². The van der Waals surface area contributed by atoms with Crippen LogP contribution in [0.3, 0.4) is 0 Å². The SMILES string of the molecule is Cc1oc(C)c(C(=O)Nc2ccc(OCC(=O)O)c(Cl)c2)c1C. The fourth-order valence-corrected chi connectivity index (χ4v) is 2.39. The van der Waals surface area contributed by atoms with Crippen LogP contribution < -0.4 is 10.1 Å². The van der Waals surface area contributed by atoms with E-state index >= 15 is 0 Å². The van der Waals surface area contributed by atoms with Crippen molar-refractivity contribution in [2.45, 2.75) is 20.8 Å². The first-order valence-corrected chi connectivity index (χ1v) is 7.19. The third kappa shape index (κ3) is 3.84. The lowest BCUT2D eigenvalue weighted by atomic mass is 10.1. The summed E-state index contributed by atoms with van der Waals surface area (Å²) >= 11 is 6.02. The maximum atomic E-state index is 12.4. The number of hydrogen-bond donors (Lipinski definition) is 2. The van der Waals surface area contributed by atoms with Crippen LogP contribution in [-0.2, 0) is 4.79 Å². The second-order valence-corrected chi connectivity index (χ2v) is 5.40. The molecule has 0 fully saturated rings. The number of anilines is 1. The number of carbonyl (C=O) groups excluding carboxylic acids is 1.